The molecule has 152 valence electrons. The normalized spacial score (nSPS) is 11.0. The fourth-order valence-corrected chi connectivity index (χ4v) is 5.18. The highest BCUT2D eigenvalue weighted by atomic mass is 32.2. The number of amides is 1. The van der Waals surface area contributed by atoms with Crippen molar-refractivity contribution < 1.29 is 9.18 Å². The van der Waals surface area contributed by atoms with Crippen LogP contribution in [0.15, 0.2) is 64.5 Å². The summed E-state index contributed by atoms with van der Waals surface area (Å²) in [5.74, 6) is -0.330. The highest BCUT2D eigenvalue weighted by Gasteiger charge is 2.21. The van der Waals surface area contributed by atoms with Gasteiger partial charge in [0.25, 0.3) is 5.56 Å². The monoisotopic (exact) mass is 439 g/mol. The second-order valence-corrected chi connectivity index (χ2v) is 8.70. The number of nitrogens with zero attached hydrogens (tertiary/aromatic N) is 2. The van der Waals surface area contributed by atoms with E-state index in [1.165, 1.54) is 39.8 Å². The van der Waals surface area contributed by atoms with Crippen LogP contribution in [0.25, 0.3) is 27.0 Å². The van der Waals surface area contributed by atoms with Gasteiger partial charge in [0.15, 0.2) is 5.16 Å². The van der Waals surface area contributed by atoms with Gasteiger partial charge in [-0.3, -0.25) is 14.2 Å². The highest BCUT2D eigenvalue weighted by Crippen LogP contribution is 2.37. The van der Waals surface area contributed by atoms with Gasteiger partial charge in [-0.05, 0) is 36.8 Å². The molecule has 30 heavy (non-hydrogen) atoms. The molecule has 2 heterocycles. The lowest BCUT2D eigenvalue weighted by atomic mass is 10.0. The standard InChI is InChI=1S/C22H18FN3O2S2/c1-13-18(14-8-10-15(23)11-9-14)19-20(30-13)25-22(29-12-17(27)24-2)26(21(19)28)16-6-4-3-5-7-16/h3-11H,12H2,1-2H3,(H,24,27). The molecule has 1 amide bonds. The molecule has 0 spiro atoms. The first-order valence-electron chi connectivity index (χ1n) is 9.20. The fraction of sp³-hybridized carbons (Fsp3) is 0.136. The van der Waals surface area contributed by atoms with Crippen molar-refractivity contribution in [1.82, 2.24) is 14.9 Å². The predicted octanol–water partition coefficient (Wildman–Crippen LogP) is 4.40. The number of benzene rings is 2. The summed E-state index contributed by atoms with van der Waals surface area (Å²) in [6.45, 7) is 1.93. The Kier molecular flexibility index (Phi) is 5.69. The maximum absolute atomic E-state index is 13.7. The molecule has 2 aromatic carbocycles. The van der Waals surface area contributed by atoms with Crippen LogP contribution in [0.4, 0.5) is 4.39 Å². The Labute approximate surface area is 180 Å². The van der Waals surface area contributed by atoms with Crippen molar-refractivity contribution in [1.29, 1.82) is 0 Å². The number of halogens is 1. The summed E-state index contributed by atoms with van der Waals surface area (Å²) in [5.41, 5.74) is 1.99. The van der Waals surface area contributed by atoms with Crippen molar-refractivity contribution in [3.8, 4) is 16.8 Å². The zero-order valence-corrected chi connectivity index (χ0v) is 17.9. The minimum absolute atomic E-state index is 0.149. The van der Waals surface area contributed by atoms with Crippen molar-refractivity contribution in [2.75, 3.05) is 12.8 Å². The molecule has 2 aromatic heterocycles. The van der Waals surface area contributed by atoms with Gasteiger partial charge in [0.2, 0.25) is 5.91 Å². The molecule has 5 nitrogen and oxygen atoms in total. The molecule has 4 rings (SSSR count). The molecule has 0 radical (unpaired) electrons. The second-order valence-electron chi connectivity index (χ2n) is 6.55. The number of nitrogens with one attached hydrogen (secondary N) is 1. The highest BCUT2D eigenvalue weighted by molar-refractivity contribution is 7.99. The molecule has 8 heteroatoms. The van der Waals surface area contributed by atoms with Crippen LogP contribution in [-0.4, -0.2) is 28.3 Å². The molecule has 0 aliphatic rings. The number of carbonyl (C=O) groups is 1. The molecule has 0 aliphatic heterocycles. The Hall–Kier alpha value is -2.97. The Bertz CT molecular complexity index is 1280. The van der Waals surface area contributed by atoms with Crippen LogP contribution in [0, 0.1) is 12.7 Å². The van der Waals surface area contributed by atoms with Gasteiger partial charge in [-0.1, -0.05) is 42.1 Å². The molecule has 0 atom stereocenters. The molecular weight excluding hydrogens is 421 g/mol. The molecule has 4 aromatic rings. The van der Waals surface area contributed by atoms with E-state index in [0.29, 0.717) is 21.1 Å². The first kappa shape index (κ1) is 20.3. The Morgan fingerprint density at radius 1 is 1.17 bits per heavy atom. The number of hydrogen-bond acceptors (Lipinski definition) is 5. The summed E-state index contributed by atoms with van der Waals surface area (Å²) >= 11 is 2.63. The lowest BCUT2D eigenvalue weighted by Crippen LogP contribution is -2.24. The number of para-hydroxylation sites is 1. The van der Waals surface area contributed by atoms with Gasteiger partial charge in [0, 0.05) is 17.5 Å². The number of aromatic nitrogens is 2. The van der Waals surface area contributed by atoms with Crippen molar-refractivity contribution in [3.63, 3.8) is 0 Å². The average molecular weight is 440 g/mol. The van der Waals surface area contributed by atoms with Crippen molar-refractivity contribution in [2.24, 2.45) is 0 Å². The predicted molar refractivity (Wildman–Crippen MR) is 120 cm³/mol. The topological polar surface area (TPSA) is 64.0 Å². The summed E-state index contributed by atoms with van der Waals surface area (Å²) in [6.07, 6.45) is 0. The number of thioether (sulfide) groups is 1. The van der Waals surface area contributed by atoms with E-state index in [-0.39, 0.29) is 23.0 Å². The van der Waals surface area contributed by atoms with Crippen LogP contribution >= 0.6 is 23.1 Å². The Balaban J connectivity index is 1.98. The Morgan fingerprint density at radius 2 is 1.87 bits per heavy atom. The molecule has 0 fully saturated rings. The van der Waals surface area contributed by atoms with E-state index >= 15 is 0 Å². The van der Waals surface area contributed by atoms with E-state index in [1.807, 2.05) is 37.3 Å². The van der Waals surface area contributed by atoms with Crippen LogP contribution in [0.5, 0.6) is 0 Å². The number of thiophene rings is 1. The first-order valence-corrected chi connectivity index (χ1v) is 11.0. The minimum Gasteiger partial charge on any atom is -0.358 e. The van der Waals surface area contributed by atoms with E-state index in [0.717, 1.165) is 16.0 Å². The minimum atomic E-state index is -0.330. The van der Waals surface area contributed by atoms with Gasteiger partial charge in [0.05, 0.1) is 16.8 Å². The van der Waals surface area contributed by atoms with Gasteiger partial charge in [-0.25, -0.2) is 9.37 Å². The summed E-state index contributed by atoms with van der Waals surface area (Å²) < 4.78 is 15.0. The van der Waals surface area contributed by atoms with Gasteiger partial charge < -0.3 is 5.32 Å². The third-order valence-corrected chi connectivity index (χ3v) is 6.57. The lowest BCUT2D eigenvalue weighted by Gasteiger charge is -2.12. The quantitative estimate of drug-likeness (QED) is 0.370. The number of carbonyl (C=O) groups excluding carboxylic acids is 1. The van der Waals surface area contributed by atoms with E-state index < -0.39 is 0 Å². The van der Waals surface area contributed by atoms with Crippen molar-refractivity contribution >= 4 is 39.2 Å². The summed E-state index contributed by atoms with van der Waals surface area (Å²) in [5, 5.41) is 3.53. The van der Waals surface area contributed by atoms with E-state index in [1.54, 1.807) is 19.2 Å². The molecule has 0 bridgehead atoms. The van der Waals surface area contributed by atoms with Gasteiger partial charge in [-0.2, -0.15) is 0 Å². The largest absolute Gasteiger partial charge is 0.358 e. The maximum Gasteiger partial charge on any atom is 0.268 e. The molecule has 1 N–H and O–H groups in total. The van der Waals surface area contributed by atoms with Crippen molar-refractivity contribution in [2.45, 2.75) is 12.1 Å². The smallest absolute Gasteiger partial charge is 0.268 e. The van der Waals surface area contributed by atoms with Crippen molar-refractivity contribution in [3.05, 3.63) is 75.6 Å². The van der Waals surface area contributed by atoms with E-state index in [4.69, 9.17) is 4.98 Å². The maximum atomic E-state index is 13.7. The number of hydrogen-bond donors (Lipinski definition) is 1. The molecular formula is C22H18FN3O2S2. The summed E-state index contributed by atoms with van der Waals surface area (Å²) in [7, 11) is 1.57. The van der Waals surface area contributed by atoms with Crippen LogP contribution in [-0.2, 0) is 4.79 Å². The lowest BCUT2D eigenvalue weighted by molar-refractivity contribution is -0.118. The van der Waals surface area contributed by atoms with Gasteiger partial charge in [0.1, 0.15) is 10.6 Å². The molecule has 0 saturated carbocycles. The van der Waals surface area contributed by atoms with E-state index in [2.05, 4.69) is 5.32 Å². The SMILES string of the molecule is CNC(=O)CSc1nc2sc(C)c(-c3ccc(F)cc3)c2c(=O)n1-c1ccccc1. The van der Waals surface area contributed by atoms with Crippen LogP contribution in [0.1, 0.15) is 4.88 Å². The van der Waals surface area contributed by atoms with E-state index in [9.17, 15) is 14.0 Å². The third kappa shape index (κ3) is 3.76. The summed E-state index contributed by atoms with van der Waals surface area (Å²) in [4.78, 5) is 31.7. The number of aryl methyl sites for hydroxylation is 1. The zero-order valence-electron chi connectivity index (χ0n) is 16.3. The second kappa shape index (κ2) is 8.41. The Morgan fingerprint density at radius 3 is 2.53 bits per heavy atom. The van der Waals surface area contributed by atoms with Crippen LogP contribution < -0.4 is 10.9 Å². The third-order valence-electron chi connectivity index (χ3n) is 4.63. The van der Waals surface area contributed by atoms with Gasteiger partial charge >= 0.3 is 0 Å². The molecule has 0 aliphatic carbocycles. The zero-order chi connectivity index (χ0) is 21.3. The molecule has 0 unspecified atom stereocenters. The molecule has 0 saturated heterocycles. The fourth-order valence-electron chi connectivity index (χ4n) is 3.21. The van der Waals surface area contributed by atoms with Crippen LogP contribution in [0.3, 0.4) is 0 Å². The first-order chi connectivity index (χ1) is 14.5. The summed E-state index contributed by atoms with van der Waals surface area (Å²) in [6, 6.07) is 15.3. The number of rotatable bonds is 5. The average Bonchev–Trinajstić information content (AvgIpc) is 3.09. The number of fused-ring (bicyclic) bond motifs is 1. The van der Waals surface area contributed by atoms with Gasteiger partial charge in [-0.15, -0.1) is 11.3 Å². The van der Waals surface area contributed by atoms with Crippen LogP contribution in [0.2, 0.25) is 0 Å².